The van der Waals surface area contributed by atoms with Crippen LogP contribution in [-0.2, 0) is 23.0 Å². The Morgan fingerprint density at radius 2 is 2.15 bits per heavy atom. The van der Waals surface area contributed by atoms with E-state index >= 15 is 0 Å². The van der Waals surface area contributed by atoms with Crippen molar-refractivity contribution >= 4 is 10.0 Å². The van der Waals surface area contributed by atoms with E-state index in [-0.39, 0.29) is 0 Å². The van der Waals surface area contributed by atoms with Crippen molar-refractivity contribution in [2.24, 2.45) is 5.92 Å². The Hall–Kier alpha value is -0.910. The fraction of sp³-hybridized carbons (Fsp3) is 0.600. The van der Waals surface area contributed by atoms with Gasteiger partial charge in [0.25, 0.3) is 0 Å². The highest BCUT2D eigenvalue weighted by Gasteiger charge is 2.31. The molecule has 1 aliphatic rings. The quantitative estimate of drug-likeness (QED) is 0.904. The van der Waals surface area contributed by atoms with Gasteiger partial charge in [-0.1, -0.05) is 26.0 Å². The molecular weight excluding hydrogens is 272 g/mol. The number of benzene rings is 1. The van der Waals surface area contributed by atoms with E-state index in [1.165, 1.54) is 0 Å². The first-order valence-corrected chi connectivity index (χ1v) is 8.69. The maximum atomic E-state index is 12.8. The Labute approximate surface area is 122 Å². The Kier molecular flexibility index (Phi) is 4.83. The third-order valence-electron chi connectivity index (χ3n) is 3.90. The highest BCUT2D eigenvalue weighted by molar-refractivity contribution is 7.89. The maximum Gasteiger partial charge on any atom is 0.243 e. The van der Waals surface area contributed by atoms with Crippen LogP contribution in [0.2, 0.25) is 0 Å². The Balaban J connectivity index is 2.41. The van der Waals surface area contributed by atoms with E-state index in [2.05, 4.69) is 12.2 Å². The molecule has 0 spiro atoms. The zero-order chi connectivity index (χ0) is 14.8. The highest BCUT2D eigenvalue weighted by Crippen LogP contribution is 2.27. The summed E-state index contributed by atoms with van der Waals surface area (Å²) in [4.78, 5) is 0.488. The minimum atomic E-state index is -3.35. The molecule has 112 valence electrons. The molecule has 1 unspecified atom stereocenters. The molecule has 0 radical (unpaired) electrons. The lowest BCUT2D eigenvalue weighted by Crippen LogP contribution is -2.29. The van der Waals surface area contributed by atoms with E-state index in [1.807, 2.05) is 32.2 Å². The third-order valence-corrected chi connectivity index (χ3v) is 5.85. The number of sulfonamides is 1. The van der Waals surface area contributed by atoms with Crippen molar-refractivity contribution in [3.8, 4) is 0 Å². The summed E-state index contributed by atoms with van der Waals surface area (Å²) < 4.78 is 27.3. The van der Waals surface area contributed by atoms with Crippen LogP contribution in [0.4, 0.5) is 0 Å². The van der Waals surface area contributed by atoms with Gasteiger partial charge in [-0.15, -0.1) is 0 Å². The minimum Gasteiger partial charge on any atom is -0.316 e. The van der Waals surface area contributed by atoms with Crippen molar-refractivity contribution < 1.29 is 8.42 Å². The van der Waals surface area contributed by atoms with Crippen LogP contribution in [-0.4, -0.2) is 32.9 Å². The molecule has 1 aromatic carbocycles. The lowest BCUT2D eigenvalue weighted by molar-refractivity contribution is 0.463. The molecule has 4 nitrogen and oxygen atoms in total. The van der Waals surface area contributed by atoms with Gasteiger partial charge in [0, 0.05) is 19.6 Å². The van der Waals surface area contributed by atoms with E-state index in [0.29, 0.717) is 30.4 Å². The van der Waals surface area contributed by atoms with Crippen LogP contribution < -0.4 is 5.32 Å². The van der Waals surface area contributed by atoms with Crippen LogP contribution in [0.3, 0.4) is 0 Å². The van der Waals surface area contributed by atoms with Gasteiger partial charge in [-0.25, -0.2) is 8.42 Å². The third kappa shape index (κ3) is 3.05. The van der Waals surface area contributed by atoms with Crippen molar-refractivity contribution in [3.05, 3.63) is 29.3 Å². The molecular formula is C15H24N2O2S. The maximum absolute atomic E-state index is 12.8. The predicted molar refractivity (Wildman–Crippen MR) is 81.1 cm³/mol. The van der Waals surface area contributed by atoms with Crippen LogP contribution >= 0.6 is 0 Å². The standard InChI is InChI=1S/C15H24N2O2S/c1-4-14-6-5-13(10-16-3)9-15(14)20(18,19)17-8-7-12(2)11-17/h5-6,9,12,16H,4,7-8,10-11H2,1-3H3. The Bertz CT molecular complexity index is 569. The molecule has 0 bridgehead atoms. The van der Waals surface area contributed by atoms with Crippen molar-refractivity contribution in [2.45, 2.75) is 38.1 Å². The van der Waals surface area contributed by atoms with Crippen molar-refractivity contribution in [1.82, 2.24) is 9.62 Å². The zero-order valence-electron chi connectivity index (χ0n) is 12.5. The van der Waals surface area contributed by atoms with Gasteiger partial charge in [0.15, 0.2) is 0 Å². The first-order valence-electron chi connectivity index (χ1n) is 7.25. The van der Waals surface area contributed by atoms with Crippen LogP contribution in [0.5, 0.6) is 0 Å². The van der Waals surface area contributed by atoms with E-state index < -0.39 is 10.0 Å². The van der Waals surface area contributed by atoms with Crippen LogP contribution in [0, 0.1) is 5.92 Å². The van der Waals surface area contributed by atoms with Gasteiger partial charge in [-0.2, -0.15) is 4.31 Å². The first-order chi connectivity index (χ1) is 9.48. The molecule has 1 N–H and O–H groups in total. The largest absolute Gasteiger partial charge is 0.316 e. The van der Waals surface area contributed by atoms with E-state index in [4.69, 9.17) is 0 Å². The molecule has 1 fully saturated rings. The lowest BCUT2D eigenvalue weighted by Gasteiger charge is -2.19. The van der Waals surface area contributed by atoms with Crippen LogP contribution in [0.1, 0.15) is 31.4 Å². The normalized spacial score (nSPS) is 20.4. The van der Waals surface area contributed by atoms with E-state index in [9.17, 15) is 8.42 Å². The molecule has 1 saturated heterocycles. The molecule has 1 aromatic rings. The molecule has 1 aliphatic heterocycles. The summed E-state index contributed by atoms with van der Waals surface area (Å²) >= 11 is 0. The van der Waals surface area contributed by atoms with E-state index in [1.54, 1.807) is 4.31 Å². The number of aryl methyl sites for hydroxylation is 1. The second-order valence-electron chi connectivity index (χ2n) is 5.58. The molecule has 20 heavy (non-hydrogen) atoms. The smallest absolute Gasteiger partial charge is 0.243 e. The minimum absolute atomic E-state index is 0.454. The van der Waals surface area contributed by atoms with Gasteiger partial charge in [0.05, 0.1) is 4.90 Å². The lowest BCUT2D eigenvalue weighted by atomic mass is 10.1. The summed E-state index contributed by atoms with van der Waals surface area (Å²) in [5.41, 5.74) is 1.92. The summed E-state index contributed by atoms with van der Waals surface area (Å²) in [5, 5.41) is 3.07. The average molecular weight is 296 g/mol. The second-order valence-corrected chi connectivity index (χ2v) is 7.49. The van der Waals surface area contributed by atoms with Crippen molar-refractivity contribution in [3.63, 3.8) is 0 Å². The van der Waals surface area contributed by atoms with E-state index in [0.717, 1.165) is 24.0 Å². The Morgan fingerprint density at radius 1 is 1.40 bits per heavy atom. The van der Waals surface area contributed by atoms with Crippen LogP contribution in [0.15, 0.2) is 23.1 Å². The summed E-state index contributed by atoms with van der Waals surface area (Å²) in [7, 11) is -1.48. The van der Waals surface area contributed by atoms with Gasteiger partial charge in [-0.3, -0.25) is 0 Å². The molecule has 1 heterocycles. The summed E-state index contributed by atoms with van der Waals surface area (Å²) in [6, 6.07) is 5.77. The summed E-state index contributed by atoms with van der Waals surface area (Å²) in [6.07, 6.45) is 1.69. The van der Waals surface area contributed by atoms with Crippen molar-refractivity contribution in [2.75, 3.05) is 20.1 Å². The fourth-order valence-corrected chi connectivity index (χ4v) is 4.62. The topological polar surface area (TPSA) is 49.4 Å². The van der Waals surface area contributed by atoms with Gasteiger partial charge in [0.2, 0.25) is 10.0 Å². The zero-order valence-corrected chi connectivity index (χ0v) is 13.3. The van der Waals surface area contributed by atoms with Gasteiger partial charge in [-0.05, 0) is 43.0 Å². The summed E-state index contributed by atoms with van der Waals surface area (Å²) in [6.45, 7) is 6.07. The molecule has 0 aliphatic carbocycles. The number of nitrogens with one attached hydrogen (secondary N) is 1. The predicted octanol–water partition coefficient (Wildman–Crippen LogP) is 2.00. The first kappa shape index (κ1) is 15.5. The van der Waals surface area contributed by atoms with Gasteiger partial charge in [0.1, 0.15) is 0 Å². The number of hydrogen-bond donors (Lipinski definition) is 1. The number of rotatable bonds is 5. The number of nitrogens with zero attached hydrogens (tertiary/aromatic N) is 1. The average Bonchev–Trinajstić information content (AvgIpc) is 2.86. The molecule has 1 atom stereocenters. The molecule has 0 aromatic heterocycles. The summed E-state index contributed by atoms with van der Waals surface area (Å²) in [5.74, 6) is 0.454. The molecule has 0 saturated carbocycles. The Morgan fingerprint density at radius 3 is 2.70 bits per heavy atom. The van der Waals surface area contributed by atoms with Crippen molar-refractivity contribution in [1.29, 1.82) is 0 Å². The second kappa shape index (κ2) is 6.24. The van der Waals surface area contributed by atoms with Crippen LogP contribution in [0.25, 0.3) is 0 Å². The fourth-order valence-electron chi connectivity index (χ4n) is 2.70. The molecule has 0 amide bonds. The molecule has 5 heteroatoms. The highest BCUT2D eigenvalue weighted by atomic mass is 32.2. The monoisotopic (exact) mass is 296 g/mol. The van der Waals surface area contributed by atoms with Gasteiger partial charge >= 0.3 is 0 Å². The number of hydrogen-bond acceptors (Lipinski definition) is 3. The molecule has 2 rings (SSSR count). The van der Waals surface area contributed by atoms with Gasteiger partial charge < -0.3 is 5.32 Å². The SMILES string of the molecule is CCc1ccc(CNC)cc1S(=O)(=O)N1CCC(C)C1.